The molecule has 3 heterocycles. The molecule has 2 aromatic heterocycles. The van der Waals surface area contributed by atoms with Gasteiger partial charge in [-0.25, -0.2) is 0 Å². The SMILES string of the molecule is CCC1c2ccsc2CCN1Cc1nnc(C)o1. The molecular formula is C13H17N3OS. The third-order valence-electron chi connectivity index (χ3n) is 3.50. The van der Waals surface area contributed by atoms with Crippen molar-refractivity contribution < 1.29 is 4.42 Å². The van der Waals surface area contributed by atoms with Gasteiger partial charge in [0, 0.05) is 24.4 Å². The molecule has 1 unspecified atom stereocenters. The highest BCUT2D eigenvalue weighted by atomic mass is 32.1. The van der Waals surface area contributed by atoms with Crippen LogP contribution in [0, 0.1) is 6.92 Å². The molecule has 1 atom stereocenters. The molecule has 3 rings (SSSR count). The van der Waals surface area contributed by atoms with Gasteiger partial charge in [-0.15, -0.1) is 21.5 Å². The van der Waals surface area contributed by atoms with Gasteiger partial charge in [0.05, 0.1) is 6.54 Å². The largest absolute Gasteiger partial charge is 0.424 e. The predicted molar refractivity (Wildman–Crippen MR) is 70.5 cm³/mol. The molecule has 1 aliphatic rings. The summed E-state index contributed by atoms with van der Waals surface area (Å²) in [6.45, 7) is 5.91. The standard InChI is InChI=1S/C13H17N3OS/c1-3-11-10-5-7-18-12(10)4-6-16(11)8-13-15-14-9(2)17-13/h5,7,11H,3-4,6,8H2,1-2H3. The van der Waals surface area contributed by atoms with Crippen LogP contribution in [0.15, 0.2) is 15.9 Å². The Labute approximate surface area is 111 Å². The molecule has 0 radical (unpaired) electrons. The Morgan fingerprint density at radius 1 is 1.50 bits per heavy atom. The fourth-order valence-electron chi connectivity index (χ4n) is 2.69. The Bertz CT molecular complexity index is 534. The molecule has 0 fully saturated rings. The highest BCUT2D eigenvalue weighted by Crippen LogP contribution is 2.35. The van der Waals surface area contributed by atoms with Crippen LogP contribution in [0.4, 0.5) is 0 Å². The number of hydrogen-bond acceptors (Lipinski definition) is 5. The van der Waals surface area contributed by atoms with Crippen molar-refractivity contribution >= 4 is 11.3 Å². The quantitative estimate of drug-likeness (QED) is 0.854. The highest BCUT2D eigenvalue weighted by Gasteiger charge is 2.27. The van der Waals surface area contributed by atoms with E-state index in [4.69, 9.17) is 4.42 Å². The molecule has 0 spiro atoms. The van der Waals surface area contributed by atoms with Crippen molar-refractivity contribution in [3.05, 3.63) is 33.7 Å². The Hall–Kier alpha value is -1.20. The van der Waals surface area contributed by atoms with Gasteiger partial charge in [-0.1, -0.05) is 6.92 Å². The van der Waals surface area contributed by atoms with Crippen molar-refractivity contribution in [3.63, 3.8) is 0 Å². The Morgan fingerprint density at radius 3 is 3.11 bits per heavy atom. The van der Waals surface area contributed by atoms with E-state index < -0.39 is 0 Å². The van der Waals surface area contributed by atoms with E-state index in [9.17, 15) is 0 Å². The lowest BCUT2D eigenvalue weighted by Gasteiger charge is -2.34. The number of hydrogen-bond donors (Lipinski definition) is 0. The third-order valence-corrected chi connectivity index (χ3v) is 4.50. The maximum Gasteiger partial charge on any atom is 0.230 e. The van der Waals surface area contributed by atoms with Crippen molar-refractivity contribution in [2.24, 2.45) is 0 Å². The molecule has 0 aromatic carbocycles. The molecule has 5 heteroatoms. The van der Waals surface area contributed by atoms with Crippen LogP contribution >= 0.6 is 11.3 Å². The van der Waals surface area contributed by atoms with Gasteiger partial charge >= 0.3 is 0 Å². The van der Waals surface area contributed by atoms with E-state index in [1.807, 2.05) is 18.3 Å². The van der Waals surface area contributed by atoms with E-state index in [0.717, 1.165) is 31.8 Å². The van der Waals surface area contributed by atoms with Gasteiger partial charge in [0.25, 0.3) is 0 Å². The van der Waals surface area contributed by atoms with Crippen molar-refractivity contribution in [2.75, 3.05) is 6.54 Å². The van der Waals surface area contributed by atoms with E-state index in [-0.39, 0.29) is 0 Å². The number of thiophene rings is 1. The fraction of sp³-hybridized carbons (Fsp3) is 0.538. The van der Waals surface area contributed by atoms with E-state index in [1.54, 1.807) is 4.88 Å². The predicted octanol–water partition coefficient (Wildman–Crippen LogP) is 2.95. The molecular weight excluding hydrogens is 246 g/mol. The Kier molecular flexibility index (Phi) is 3.18. The molecule has 0 amide bonds. The molecule has 18 heavy (non-hydrogen) atoms. The number of aromatic nitrogens is 2. The maximum atomic E-state index is 5.49. The van der Waals surface area contributed by atoms with Gasteiger partial charge in [0.15, 0.2) is 0 Å². The summed E-state index contributed by atoms with van der Waals surface area (Å²) in [6, 6.07) is 2.76. The first-order valence-electron chi connectivity index (χ1n) is 6.37. The van der Waals surface area contributed by atoms with Crippen molar-refractivity contribution in [3.8, 4) is 0 Å². The van der Waals surface area contributed by atoms with Crippen LogP contribution in [0.2, 0.25) is 0 Å². The lowest BCUT2D eigenvalue weighted by molar-refractivity contribution is 0.156. The lowest BCUT2D eigenvalue weighted by atomic mass is 9.98. The first-order chi connectivity index (χ1) is 8.78. The van der Waals surface area contributed by atoms with Crippen LogP contribution in [0.25, 0.3) is 0 Å². The number of nitrogens with zero attached hydrogens (tertiary/aromatic N) is 3. The topological polar surface area (TPSA) is 42.2 Å². The fourth-order valence-corrected chi connectivity index (χ4v) is 3.62. The Morgan fingerprint density at radius 2 is 2.39 bits per heavy atom. The molecule has 4 nitrogen and oxygen atoms in total. The van der Waals surface area contributed by atoms with Gasteiger partial charge in [0.1, 0.15) is 0 Å². The third kappa shape index (κ3) is 2.08. The van der Waals surface area contributed by atoms with Crippen LogP contribution in [-0.2, 0) is 13.0 Å². The molecule has 0 saturated carbocycles. The molecule has 1 aliphatic heterocycles. The average molecular weight is 263 g/mol. The zero-order valence-corrected chi connectivity index (χ0v) is 11.5. The second-order valence-electron chi connectivity index (χ2n) is 4.66. The molecule has 0 saturated heterocycles. The van der Waals surface area contributed by atoms with E-state index in [1.165, 1.54) is 5.56 Å². The minimum atomic E-state index is 0.493. The summed E-state index contributed by atoms with van der Waals surface area (Å²) >= 11 is 1.88. The van der Waals surface area contributed by atoms with E-state index >= 15 is 0 Å². The molecule has 0 aliphatic carbocycles. The maximum absolute atomic E-state index is 5.49. The van der Waals surface area contributed by atoms with Gasteiger partial charge < -0.3 is 4.42 Å². The summed E-state index contributed by atoms with van der Waals surface area (Å²) in [6.07, 6.45) is 2.26. The van der Waals surface area contributed by atoms with Gasteiger partial charge in [-0.3, -0.25) is 4.90 Å². The van der Waals surface area contributed by atoms with Crippen molar-refractivity contribution in [1.82, 2.24) is 15.1 Å². The summed E-state index contributed by atoms with van der Waals surface area (Å²) in [4.78, 5) is 3.99. The molecule has 96 valence electrons. The second kappa shape index (κ2) is 4.82. The zero-order chi connectivity index (χ0) is 12.5. The van der Waals surface area contributed by atoms with Crippen LogP contribution in [0.3, 0.4) is 0 Å². The second-order valence-corrected chi connectivity index (χ2v) is 5.66. The first-order valence-corrected chi connectivity index (χ1v) is 7.25. The summed E-state index contributed by atoms with van der Waals surface area (Å²) in [7, 11) is 0. The van der Waals surface area contributed by atoms with Crippen molar-refractivity contribution in [2.45, 2.75) is 39.3 Å². The molecule has 0 N–H and O–H groups in total. The van der Waals surface area contributed by atoms with Gasteiger partial charge in [0.2, 0.25) is 11.8 Å². The van der Waals surface area contributed by atoms with Gasteiger partial charge in [-0.2, -0.15) is 0 Å². The summed E-state index contributed by atoms with van der Waals surface area (Å²) in [5.74, 6) is 1.37. The molecule has 2 aromatic rings. The van der Waals surface area contributed by atoms with Crippen LogP contribution in [0.5, 0.6) is 0 Å². The average Bonchev–Trinajstić information content (AvgIpc) is 2.98. The first kappa shape index (κ1) is 11.9. The number of aryl methyl sites for hydroxylation is 1. The number of rotatable bonds is 3. The zero-order valence-electron chi connectivity index (χ0n) is 10.7. The lowest BCUT2D eigenvalue weighted by Crippen LogP contribution is -2.34. The normalized spacial score (nSPS) is 20.0. The summed E-state index contributed by atoms with van der Waals surface area (Å²) in [5.41, 5.74) is 1.49. The van der Waals surface area contributed by atoms with E-state index in [2.05, 4.69) is 33.5 Å². The highest BCUT2D eigenvalue weighted by molar-refractivity contribution is 7.10. The summed E-state index contributed by atoms with van der Waals surface area (Å²) in [5, 5.41) is 10.2. The van der Waals surface area contributed by atoms with Gasteiger partial charge in [-0.05, 0) is 29.9 Å². The van der Waals surface area contributed by atoms with E-state index in [0.29, 0.717) is 11.9 Å². The van der Waals surface area contributed by atoms with Crippen LogP contribution in [-0.4, -0.2) is 21.6 Å². The van der Waals surface area contributed by atoms with Crippen LogP contribution < -0.4 is 0 Å². The smallest absolute Gasteiger partial charge is 0.230 e. The molecule has 0 bridgehead atoms. The minimum absolute atomic E-state index is 0.493. The minimum Gasteiger partial charge on any atom is -0.424 e. The number of fused-ring (bicyclic) bond motifs is 1. The Balaban J connectivity index is 1.81. The van der Waals surface area contributed by atoms with Crippen LogP contribution in [0.1, 0.15) is 41.6 Å². The monoisotopic (exact) mass is 263 g/mol. The summed E-state index contributed by atoms with van der Waals surface area (Å²) < 4.78 is 5.49. The van der Waals surface area contributed by atoms with Crippen molar-refractivity contribution in [1.29, 1.82) is 0 Å².